The van der Waals surface area contributed by atoms with E-state index in [0.717, 1.165) is 21.3 Å². The number of hydrogen-bond donors (Lipinski definition) is 0. The van der Waals surface area contributed by atoms with Crippen molar-refractivity contribution in [2.45, 2.75) is 31.0 Å². The summed E-state index contributed by atoms with van der Waals surface area (Å²) in [5, 5.41) is 0. The zero-order chi connectivity index (χ0) is 13.7. The summed E-state index contributed by atoms with van der Waals surface area (Å²) >= 11 is 0. The maximum Gasteiger partial charge on any atom is 0.573 e. The Bertz CT molecular complexity index is 221. The predicted octanol–water partition coefficient (Wildman–Crippen LogP) is 2.77. The van der Waals surface area contributed by atoms with Crippen molar-refractivity contribution in [2.24, 2.45) is 0 Å². The Balaban J connectivity index is 4.54. The molecular formula is C8H15F5O3Si. The monoisotopic (exact) mass is 282 g/mol. The molecule has 0 saturated heterocycles. The minimum absolute atomic E-state index is 0.707. The second-order valence-electron chi connectivity index (χ2n) is 3.34. The summed E-state index contributed by atoms with van der Waals surface area (Å²) in [6.45, 7) is 0. The summed E-state index contributed by atoms with van der Waals surface area (Å²) < 4.78 is 76.5. The van der Waals surface area contributed by atoms with E-state index in [1.807, 2.05) is 0 Å². The van der Waals surface area contributed by atoms with Crippen molar-refractivity contribution in [1.29, 1.82) is 0 Å². The molecule has 17 heavy (non-hydrogen) atoms. The van der Waals surface area contributed by atoms with Gasteiger partial charge in [-0.2, -0.15) is 13.2 Å². The molecule has 0 aliphatic heterocycles. The van der Waals surface area contributed by atoms with Crippen LogP contribution in [-0.2, 0) is 13.3 Å². The zero-order valence-electron chi connectivity index (χ0n) is 9.74. The van der Waals surface area contributed by atoms with Gasteiger partial charge in [0, 0.05) is 34.2 Å². The molecule has 0 aliphatic rings. The first kappa shape index (κ1) is 16.7. The Morgan fingerprint density at radius 2 is 1.24 bits per heavy atom. The molecule has 0 amide bonds. The molecular weight excluding hydrogens is 267 g/mol. The maximum atomic E-state index is 13.6. The molecule has 0 radical (unpaired) electrons. The van der Waals surface area contributed by atoms with E-state index >= 15 is 0 Å². The van der Waals surface area contributed by atoms with Crippen LogP contribution < -0.4 is 0 Å². The molecule has 0 rings (SSSR count). The normalized spacial score (nSPS) is 14.1. The zero-order valence-corrected chi connectivity index (χ0v) is 10.7. The summed E-state index contributed by atoms with van der Waals surface area (Å²) in [5.74, 6) is 0. The molecule has 0 fully saturated rings. The van der Waals surface area contributed by atoms with Gasteiger partial charge in [0.25, 0.3) is 0 Å². The van der Waals surface area contributed by atoms with E-state index in [1.54, 1.807) is 0 Å². The van der Waals surface area contributed by atoms with Crippen molar-refractivity contribution < 1.29 is 35.2 Å². The first-order chi connectivity index (χ1) is 7.64. The predicted molar refractivity (Wildman–Crippen MR) is 51.6 cm³/mol. The fourth-order valence-electron chi connectivity index (χ4n) is 1.36. The number of hydrogen-bond acceptors (Lipinski definition) is 3. The molecule has 0 aromatic carbocycles. The van der Waals surface area contributed by atoms with Gasteiger partial charge in [-0.3, -0.25) is 0 Å². The van der Waals surface area contributed by atoms with Crippen molar-refractivity contribution in [3.8, 4) is 0 Å². The molecule has 0 heterocycles. The lowest BCUT2D eigenvalue weighted by Crippen LogP contribution is -2.59. The minimum Gasteiger partial charge on any atom is -0.373 e. The van der Waals surface area contributed by atoms with E-state index in [4.69, 9.17) is 0 Å². The second kappa shape index (κ2) is 6.07. The van der Waals surface area contributed by atoms with Gasteiger partial charge in [0.05, 0.1) is 0 Å². The Morgan fingerprint density at radius 1 is 0.824 bits per heavy atom. The molecule has 0 bridgehead atoms. The lowest BCUT2D eigenvalue weighted by Gasteiger charge is -2.31. The van der Waals surface area contributed by atoms with Gasteiger partial charge in [-0.05, 0) is 6.42 Å². The third-order valence-corrected chi connectivity index (χ3v) is 4.96. The fourth-order valence-corrected chi connectivity index (χ4v) is 3.24. The highest BCUT2D eigenvalue weighted by Gasteiger charge is 2.62. The van der Waals surface area contributed by atoms with E-state index in [2.05, 4.69) is 13.3 Å². The van der Waals surface area contributed by atoms with Gasteiger partial charge >= 0.3 is 20.5 Å². The number of rotatable bonds is 7. The molecule has 0 aromatic heterocycles. The van der Waals surface area contributed by atoms with Gasteiger partial charge in [0.2, 0.25) is 0 Å². The molecule has 3 nitrogen and oxygen atoms in total. The van der Waals surface area contributed by atoms with E-state index < -0.39 is 39.8 Å². The van der Waals surface area contributed by atoms with Gasteiger partial charge in [-0.1, -0.05) is 0 Å². The van der Waals surface area contributed by atoms with Gasteiger partial charge in [-0.15, -0.1) is 0 Å². The second-order valence-corrected chi connectivity index (χ2v) is 6.41. The topological polar surface area (TPSA) is 27.7 Å². The van der Waals surface area contributed by atoms with Crippen LogP contribution in [0.2, 0.25) is 0 Å². The molecule has 0 spiro atoms. The van der Waals surface area contributed by atoms with Crippen molar-refractivity contribution in [1.82, 2.24) is 0 Å². The quantitative estimate of drug-likeness (QED) is 0.531. The molecule has 0 unspecified atom stereocenters. The van der Waals surface area contributed by atoms with Crippen LogP contribution in [0.4, 0.5) is 22.0 Å². The van der Waals surface area contributed by atoms with Crippen LogP contribution in [0.5, 0.6) is 0 Å². The minimum atomic E-state index is -4.45. The van der Waals surface area contributed by atoms with Gasteiger partial charge in [0.15, 0.2) is 0 Å². The van der Waals surface area contributed by atoms with Crippen molar-refractivity contribution >= 4 is 8.80 Å². The third kappa shape index (κ3) is 4.49. The lowest BCUT2D eigenvalue weighted by atomic mass is 10.2. The van der Waals surface area contributed by atoms with Crippen LogP contribution >= 0.6 is 0 Å². The van der Waals surface area contributed by atoms with E-state index in [1.165, 1.54) is 0 Å². The first-order valence-corrected chi connectivity index (χ1v) is 6.46. The van der Waals surface area contributed by atoms with Gasteiger partial charge < -0.3 is 13.3 Å². The van der Waals surface area contributed by atoms with Crippen molar-refractivity contribution in [2.75, 3.05) is 21.3 Å². The van der Waals surface area contributed by atoms with Gasteiger partial charge in [-0.25, -0.2) is 8.78 Å². The number of halogens is 5. The van der Waals surface area contributed by atoms with Gasteiger partial charge in [0.1, 0.15) is 0 Å². The molecule has 0 aromatic rings. The molecule has 0 atom stereocenters. The lowest BCUT2D eigenvalue weighted by molar-refractivity contribution is -0.138. The Hall–Kier alpha value is -0.253. The SMILES string of the molecule is CO[Si](OC)(OC)C(F)(F)CCCC(F)(F)F. The largest absolute Gasteiger partial charge is 0.573 e. The maximum absolute atomic E-state index is 13.6. The van der Waals surface area contributed by atoms with Crippen molar-refractivity contribution in [3.05, 3.63) is 0 Å². The van der Waals surface area contributed by atoms with Crippen LogP contribution in [-0.4, -0.2) is 41.9 Å². The highest BCUT2D eigenvalue weighted by Crippen LogP contribution is 2.35. The van der Waals surface area contributed by atoms with Crippen LogP contribution in [0.25, 0.3) is 0 Å². The smallest absolute Gasteiger partial charge is 0.373 e. The molecule has 0 saturated carbocycles. The van der Waals surface area contributed by atoms with Crippen LogP contribution in [0.15, 0.2) is 0 Å². The highest BCUT2D eigenvalue weighted by molar-refractivity contribution is 6.63. The van der Waals surface area contributed by atoms with Crippen molar-refractivity contribution in [3.63, 3.8) is 0 Å². The summed E-state index contributed by atoms with van der Waals surface area (Å²) in [5.41, 5.74) is -3.55. The Kier molecular flexibility index (Phi) is 5.98. The molecule has 9 heteroatoms. The van der Waals surface area contributed by atoms with E-state index in [-0.39, 0.29) is 0 Å². The standard InChI is InChI=1S/C8H15F5O3Si/c1-14-17(15-2,16-3)8(12,13)6-4-5-7(9,10)11/h4-6H2,1-3H3. The first-order valence-electron chi connectivity index (χ1n) is 4.74. The third-order valence-electron chi connectivity index (χ3n) is 2.21. The Morgan fingerprint density at radius 3 is 1.53 bits per heavy atom. The van der Waals surface area contributed by atoms with Crippen LogP contribution in [0.1, 0.15) is 19.3 Å². The van der Waals surface area contributed by atoms with Crippen LogP contribution in [0.3, 0.4) is 0 Å². The summed E-state index contributed by atoms with van der Waals surface area (Å²) in [4.78, 5) is 0. The van der Waals surface area contributed by atoms with E-state index in [0.29, 0.717) is 0 Å². The summed E-state index contributed by atoms with van der Waals surface area (Å²) in [6, 6.07) is 0. The number of alkyl halides is 5. The molecule has 104 valence electrons. The Labute approximate surface area is 97.2 Å². The summed E-state index contributed by atoms with van der Waals surface area (Å²) in [6.07, 6.45) is -7.42. The molecule has 0 N–H and O–H groups in total. The average Bonchev–Trinajstić information content (AvgIpc) is 2.18. The van der Waals surface area contributed by atoms with E-state index in [9.17, 15) is 22.0 Å². The summed E-state index contributed by atoms with van der Waals surface area (Å²) in [7, 11) is -1.29. The molecule has 0 aliphatic carbocycles. The average molecular weight is 282 g/mol. The van der Waals surface area contributed by atoms with Crippen LogP contribution in [0, 0.1) is 0 Å². The highest BCUT2D eigenvalue weighted by atomic mass is 28.4. The fraction of sp³-hybridized carbons (Fsp3) is 1.00.